The largest absolute Gasteiger partial charge is 0.361 e. The first-order valence-electron chi connectivity index (χ1n) is 8.64. The molecule has 1 fully saturated rings. The molecule has 0 aliphatic heterocycles. The molecule has 2 aromatic rings. The second-order valence-electron chi connectivity index (χ2n) is 6.66. The van der Waals surface area contributed by atoms with Gasteiger partial charge in [-0.25, -0.2) is 9.97 Å². The predicted octanol–water partition coefficient (Wildman–Crippen LogP) is 4.49. The summed E-state index contributed by atoms with van der Waals surface area (Å²) in [6.07, 6.45) is 6.91. The number of benzene rings is 1. The van der Waals surface area contributed by atoms with Crippen molar-refractivity contribution in [3.63, 3.8) is 0 Å². The molecule has 0 saturated heterocycles. The lowest BCUT2D eigenvalue weighted by Gasteiger charge is -2.23. The third-order valence-electron chi connectivity index (χ3n) is 4.44. The lowest BCUT2D eigenvalue weighted by molar-refractivity contribution is -0.383. The average Bonchev–Trinajstić information content (AvgIpc) is 2.54. The third-order valence-corrected chi connectivity index (χ3v) is 4.44. The molecular formula is C18H23N5O2. The molecule has 132 valence electrons. The van der Waals surface area contributed by atoms with Crippen molar-refractivity contribution in [3.05, 3.63) is 45.8 Å². The molecule has 1 aliphatic rings. The maximum atomic E-state index is 11.7. The summed E-state index contributed by atoms with van der Waals surface area (Å²) in [5.41, 5.74) is 2.84. The van der Waals surface area contributed by atoms with Crippen molar-refractivity contribution >= 4 is 23.0 Å². The number of rotatable bonds is 5. The summed E-state index contributed by atoms with van der Waals surface area (Å²) in [6.45, 7) is 3.98. The van der Waals surface area contributed by atoms with E-state index in [1.165, 1.54) is 12.7 Å². The van der Waals surface area contributed by atoms with Crippen molar-refractivity contribution in [3.8, 4) is 0 Å². The van der Waals surface area contributed by atoms with Gasteiger partial charge >= 0.3 is 5.69 Å². The number of aryl methyl sites for hydroxylation is 2. The third kappa shape index (κ3) is 4.23. The van der Waals surface area contributed by atoms with Crippen LogP contribution in [0.15, 0.2) is 24.5 Å². The Hall–Kier alpha value is -2.70. The van der Waals surface area contributed by atoms with Crippen LogP contribution in [-0.2, 0) is 0 Å². The number of hydrogen-bond donors (Lipinski definition) is 2. The standard InChI is InChI=1S/C18H23N5O2/c1-12-8-13(2)10-15(9-12)22-18-16(23(24)25)17(19-11-20-18)21-14-6-4-3-5-7-14/h8-11,14H,3-7H2,1-2H3,(H2,19,20,21,22). The van der Waals surface area contributed by atoms with Gasteiger partial charge in [-0.15, -0.1) is 0 Å². The Bertz CT molecular complexity index is 752. The Labute approximate surface area is 147 Å². The van der Waals surface area contributed by atoms with Crippen LogP contribution in [0, 0.1) is 24.0 Å². The molecule has 0 unspecified atom stereocenters. The minimum atomic E-state index is -0.420. The van der Waals surface area contributed by atoms with Gasteiger partial charge in [0.05, 0.1) is 4.92 Å². The van der Waals surface area contributed by atoms with Crippen molar-refractivity contribution in [1.29, 1.82) is 0 Å². The van der Waals surface area contributed by atoms with Crippen LogP contribution in [0.1, 0.15) is 43.2 Å². The first kappa shape index (κ1) is 17.1. The van der Waals surface area contributed by atoms with Crippen molar-refractivity contribution in [1.82, 2.24) is 9.97 Å². The van der Waals surface area contributed by atoms with Crippen molar-refractivity contribution < 1.29 is 4.92 Å². The SMILES string of the molecule is Cc1cc(C)cc(Nc2ncnc(NC3CCCCC3)c2[N+](=O)[O-])c1. The topological polar surface area (TPSA) is 93.0 Å². The van der Waals surface area contributed by atoms with E-state index in [1.54, 1.807) is 0 Å². The smallest absolute Gasteiger partial charge is 0.353 e. The van der Waals surface area contributed by atoms with E-state index in [-0.39, 0.29) is 17.5 Å². The van der Waals surface area contributed by atoms with E-state index in [2.05, 4.69) is 26.7 Å². The quantitative estimate of drug-likeness (QED) is 0.615. The van der Waals surface area contributed by atoms with Crippen molar-refractivity contribution in [2.45, 2.75) is 52.0 Å². The Morgan fingerprint density at radius 2 is 1.68 bits per heavy atom. The summed E-state index contributed by atoms with van der Waals surface area (Å²) in [7, 11) is 0. The van der Waals surface area contributed by atoms with Gasteiger partial charge in [0.25, 0.3) is 0 Å². The van der Waals surface area contributed by atoms with Gasteiger partial charge in [-0.05, 0) is 49.9 Å². The van der Waals surface area contributed by atoms with E-state index in [9.17, 15) is 10.1 Å². The van der Waals surface area contributed by atoms with Crippen LogP contribution < -0.4 is 10.6 Å². The lowest BCUT2D eigenvalue weighted by atomic mass is 9.95. The maximum absolute atomic E-state index is 11.7. The number of hydrogen-bond acceptors (Lipinski definition) is 6. The monoisotopic (exact) mass is 341 g/mol. The zero-order valence-electron chi connectivity index (χ0n) is 14.6. The van der Waals surface area contributed by atoms with Gasteiger partial charge < -0.3 is 10.6 Å². The van der Waals surface area contributed by atoms with Crippen LogP contribution in [0.2, 0.25) is 0 Å². The number of anilines is 3. The van der Waals surface area contributed by atoms with Crippen molar-refractivity contribution in [2.24, 2.45) is 0 Å². The van der Waals surface area contributed by atoms with E-state index in [4.69, 9.17) is 0 Å². The van der Waals surface area contributed by atoms with Crippen LogP contribution in [0.25, 0.3) is 0 Å². The molecule has 25 heavy (non-hydrogen) atoms. The highest BCUT2D eigenvalue weighted by molar-refractivity contribution is 5.74. The second-order valence-corrected chi connectivity index (χ2v) is 6.66. The Balaban J connectivity index is 1.90. The number of nitrogens with one attached hydrogen (secondary N) is 2. The summed E-state index contributed by atoms with van der Waals surface area (Å²) in [4.78, 5) is 19.5. The molecular weight excluding hydrogens is 318 g/mol. The molecule has 7 heteroatoms. The van der Waals surface area contributed by atoms with E-state index in [0.717, 1.165) is 42.5 Å². The minimum absolute atomic E-state index is 0.104. The van der Waals surface area contributed by atoms with Gasteiger partial charge in [0.15, 0.2) is 0 Å². The summed E-state index contributed by atoms with van der Waals surface area (Å²) in [6, 6.07) is 6.16. The summed E-state index contributed by atoms with van der Waals surface area (Å²) in [5, 5.41) is 18.0. The Kier molecular flexibility index (Phi) is 5.11. The number of aromatic nitrogens is 2. The van der Waals surface area contributed by atoms with Gasteiger partial charge in [0.2, 0.25) is 11.6 Å². The molecule has 7 nitrogen and oxygen atoms in total. The molecule has 1 saturated carbocycles. The van der Waals surface area contributed by atoms with Crippen LogP contribution in [0.4, 0.5) is 23.0 Å². The fraction of sp³-hybridized carbons (Fsp3) is 0.444. The van der Waals surface area contributed by atoms with Crippen LogP contribution >= 0.6 is 0 Å². The zero-order valence-corrected chi connectivity index (χ0v) is 14.6. The molecule has 1 aromatic heterocycles. The highest BCUT2D eigenvalue weighted by atomic mass is 16.6. The lowest BCUT2D eigenvalue weighted by Crippen LogP contribution is -2.23. The first-order valence-corrected chi connectivity index (χ1v) is 8.64. The summed E-state index contributed by atoms with van der Waals surface area (Å²) in [5.74, 6) is 0.502. The van der Waals surface area contributed by atoms with E-state index in [0.29, 0.717) is 5.82 Å². The predicted molar refractivity (Wildman–Crippen MR) is 98.4 cm³/mol. The van der Waals surface area contributed by atoms with Crippen molar-refractivity contribution in [2.75, 3.05) is 10.6 Å². The maximum Gasteiger partial charge on any atom is 0.353 e. The molecule has 0 amide bonds. The highest BCUT2D eigenvalue weighted by Crippen LogP contribution is 2.33. The van der Waals surface area contributed by atoms with Gasteiger partial charge in [-0.1, -0.05) is 25.3 Å². The molecule has 1 heterocycles. The van der Waals surface area contributed by atoms with Gasteiger partial charge in [0, 0.05) is 11.7 Å². The van der Waals surface area contributed by atoms with Gasteiger partial charge in [-0.3, -0.25) is 10.1 Å². The highest BCUT2D eigenvalue weighted by Gasteiger charge is 2.25. The van der Waals surface area contributed by atoms with Crippen LogP contribution in [0.5, 0.6) is 0 Å². The van der Waals surface area contributed by atoms with E-state index >= 15 is 0 Å². The van der Waals surface area contributed by atoms with Crippen LogP contribution in [-0.4, -0.2) is 20.9 Å². The zero-order chi connectivity index (χ0) is 17.8. The average molecular weight is 341 g/mol. The van der Waals surface area contributed by atoms with E-state index < -0.39 is 4.92 Å². The molecule has 3 rings (SSSR count). The fourth-order valence-electron chi connectivity index (χ4n) is 3.37. The first-order chi connectivity index (χ1) is 12.0. The normalized spacial score (nSPS) is 15.0. The molecule has 0 atom stereocenters. The minimum Gasteiger partial charge on any atom is -0.361 e. The van der Waals surface area contributed by atoms with E-state index in [1.807, 2.05) is 26.0 Å². The summed E-state index contributed by atoms with van der Waals surface area (Å²) >= 11 is 0. The number of nitro groups is 1. The van der Waals surface area contributed by atoms with Gasteiger partial charge in [-0.2, -0.15) is 0 Å². The van der Waals surface area contributed by atoms with Crippen LogP contribution in [0.3, 0.4) is 0 Å². The Morgan fingerprint density at radius 1 is 1.04 bits per heavy atom. The molecule has 0 bridgehead atoms. The number of nitrogens with zero attached hydrogens (tertiary/aromatic N) is 3. The Morgan fingerprint density at radius 3 is 2.32 bits per heavy atom. The second kappa shape index (κ2) is 7.46. The molecule has 2 N–H and O–H groups in total. The fourth-order valence-corrected chi connectivity index (χ4v) is 3.37. The molecule has 0 spiro atoms. The molecule has 1 aromatic carbocycles. The summed E-state index contributed by atoms with van der Waals surface area (Å²) < 4.78 is 0. The molecule has 0 radical (unpaired) electrons. The molecule has 1 aliphatic carbocycles. The van der Waals surface area contributed by atoms with Gasteiger partial charge in [0.1, 0.15) is 6.33 Å².